The molecule has 5 heteroatoms. The molecule has 2 N–H and O–H groups in total. The number of aliphatic carboxylic acids is 1. The van der Waals surface area contributed by atoms with Gasteiger partial charge in [0.05, 0.1) is 6.61 Å². The Morgan fingerprint density at radius 3 is 2.93 bits per heavy atom. The molecule has 5 nitrogen and oxygen atoms in total. The molecule has 0 amide bonds. The third-order valence-electron chi connectivity index (χ3n) is 2.13. The first kappa shape index (κ1) is 9.79. The molecule has 0 radical (unpaired) electrons. The van der Waals surface area contributed by atoms with Crippen LogP contribution in [0.2, 0.25) is 0 Å². The first-order chi connectivity index (χ1) is 7.20. The fourth-order valence-corrected chi connectivity index (χ4v) is 1.34. The molecule has 1 heterocycles. The van der Waals surface area contributed by atoms with Crippen LogP contribution in [0.5, 0.6) is 11.5 Å². The molecular weight excluding hydrogens is 200 g/mol. The largest absolute Gasteiger partial charge is 0.485 e. The van der Waals surface area contributed by atoms with E-state index in [-0.39, 0.29) is 13.2 Å². The normalized spacial score (nSPS) is 18.6. The quantitative estimate of drug-likeness (QED) is 0.739. The maximum absolute atomic E-state index is 10.6. The van der Waals surface area contributed by atoms with Gasteiger partial charge in [-0.05, 0) is 17.7 Å². The number of benzene rings is 1. The van der Waals surface area contributed by atoms with Gasteiger partial charge >= 0.3 is 5.97 Å². The summed E-state index contributed by atoms with van der Waals surface area (Å²) in [5.41, 5.74) is 0.700. The molecule has 0 bridgehead atoms. The first-order valence-electron chi connectivity index (χ1n) is 4.47. The molecule has 2 rings (SSSR count). The highest BCUT2D eigenvalue weighted by atomic mass is 16.6. The molecule has 1 aromatic rings. The third-order valence-corrected chi connectivity index (χ3v) is 2.13. The van der Waals surface area contributed by atoms with E-state index in [0.29, 0.717) is 17.1 Å². The number of aliphatic hydroxyl groups is 1. The molecule has 0 aliphatic carbocycles. The molecule has 1 aromatic carbocycles. The second-order valence-electron chi connectivity index (χ2n) is 3.19. The van der Waals surface area contributed by atoms with Crippen molar-refractivity contribution in [3.63, 3.8) is 0 Å². The molecule has 0 fully saturated rings. The van der Waals surface area contributed by atoms with Crippen LogP contribution >= 0.6 is 0 Å². The Morgan fingerprint density at radius 1 is 1.47 bits per heavy atom. The van der Waals surface area contributed by atoms with Crippen LogP contribution in [0, 0.1) is 0 Å². The van der Waals surface area contributed by atoms with Gasteiger partial charge in [-0.15, -0.1) is 0 Å². The highest BCUT2D eigenvalue weighted by Gasteiger charge is 2.26. The summed E-state index contributed by atoms with van der Waals surface area (Å²) in [6, 6.07) is 4.88. The fraction of sp³-hybridized carbons (Fsp3) is 0.300. The van der Waals surface area contributed by atoms with Crippen LogP contribution in [0.15, 0.2) is 18.2 Å². The summed E-state index contributed by atoms with van der Waals surface area (Å²) in [7, 11) is 0. The number of rotatable bonds is 2. The van der Waals surface area contributed by atoms with E-state index < -0.39 is 12.1 Å². The van der Waals surface area contributed by atoms with Crippen molar-refractivity contribution in [3.05, 3.63) is 23.8 Å². The van der Waals surface area contributed by atoms with E-state index in [1.165, 1.54) is 0 Å². The van der Waals surface area contributed by atoms with Crippen molar-refractivity contribution in [3.8, 4) is 11.5 Å². The smallest absolute Gasteiger partial charge is 0.348 e. The molecule has 1 atom stereocenters. The van der Waals surface area contributed by atoms with Gasteiger partial charge in [0, 0.05) is 0 Å². The summed E-state index contributed by atoms with van der Waals surface area (Å²) >= 11 is 0. The number of aliphatic hydroxyl groups excluding tert-OH is 1. The van der Waals surface area contributed by atoms with E-state index >= 15 is 0 Å². The molecule has 0 aromatic heterocycles. The van der Waals surface area contributed by atoms with Gasteiger partial charge in [-0.3, -0.25) is 0 Å². The average Bonchev–Trinajstić information content (AvgIpc) is 2.27. The number of carbonyl (C=O) groups is 1. The van der Waals surface area contributed by atoms with Gasteiger partial charge in [-0.25, -0.2) is 4.79 Å². The molecule has 0 spiro atoms. The van der Waals surface area contributed by atoms with Gasteiger partial charge in [0.15, 0.2) is 11.5 Å². The van der Waals surface area contributed by atoms with Gasteiger partial charge in [-0.1, -0.05) is 6.07 Å². The average molecular weight is 210 g/mol. The van der Waals surface area contributed by atoms with Crippen molar-refractivity contribution in [2.45, 2.75) is 12.7 Å². The molecule has 0 saturated heterocycles. The number of ether oxygens (including phenoxy) is 2. The maximum Gasteiger partial charge on any atom is 0.348 e. The van der Waals surface area contributed by atoms with Crippen LogP contribution < -0.4 is 9.47 Å². The zero-order valence-corrected chi connectivity index (χ0v) is 7.84. The summed E-state index contributed by atoms with van der Waals surface area (Å²) in [6.45, 7) is -0.101. The van der Waals surface area contributed by atoms with E-state index in [0.717, 1.165) is 0 Å². The number of fused-ring (bicyclic) bond motifs is 1. The molecule has 1 aliphatic rings. The van der Waals surface area contributed by atoms with Gasteiger partial charge in [-0.2, -0.15) is 0 Å². The molecule has 1 unspecified atom stereocenters. The van der Waals surface area contributed by atoms with E-state index in [1.54, 1.807) is 18.2 Å². The lowest BCUT2D eigenvalue weighted by atomic mass is 10.2. The lowest BCUT2D eigenvalue weighted by Gasteiger charge is -2.23. The van der Waals surface area contributed by atoms with Crippen molar-refractivity contribution in [2.24, 2.45) is 0 Å². The Kier molecular flexibility index (Phi) is 2.47. The first-order valence-corrected chi connectivity index (χ1v) is 4.47. The lowest BCUT2D eigenvalue weighted by molar-refractivity contribution is -0.147. The zero-order chi connectivity index (χ0) is 10.8. The maximum atomic E-state index is 10.6. The van der Waals surface area contributed by atoms with Crippen molar-refractivity contribution in [1.82, 2.24) is 0 Å². The van der Waals surface area contributed by atoms with Crippen LogP contribution in [0.1, 0.15) is 5.56 Å². The minimum Gasteiger partial charge on any atom is -0.485 e. The van der Waals surface area contributed by atoms with E-state index in [2.05, 4.69) is 0 Å². The summed E-state index contributed by atoms with van der Waals surface area (Å²) in [5, 5.41) is 17.6. The van der Waals surface area contributed by atoms with Crippen molar-refractivity contribution >= 4 is 5.97 Å². The zero-order valence-electron chi connectivity index (χ0n) is 7.84. The second kappa shape index (κ2) is 3.78. The van der Waals surface area contributed by atoms with Crippen molar-refractivity contribution in [1.29, 1.82) is 0 Å². The van der Waals surface area contributed by atoms with E-state index in [9.17, 15) is 4.79 Å². The number of carboxylic acid groups (broad SMARTS) is 1. The predicted molar refractivity (Wildman–Crippen MR) is 49.9 cm³/mol. The molecular formula is C10H10O5. The third kappa shape index (κ3) is 1.87. The van der Waals surface area contributed by atoms with Gasteiger partial charge in [0.2, 0.25) is 6.10 Å². The summed E-state index contributed by atoms with van der Waals surface area (Å²) in [5.74, 6) is -0.184. The molecule has 80 valence electrons. The Bertz CT molecular complexity index is 387. The van der Waals surface area contributed by atoms with Gasteiger partial charge in [0.25, 0.3) is 0 Å². The van der Waals surface area contributed by atoms with Crippen LogP contribution in [-0.4, -0.2) is 28.9 Å². The Morgan fingerprint density at radius 2 is 2.27 bits per heavy atom. The monoisotopic (exact) mass is 210 g/mol. The second-order valence-corrected chi connectivity index (χ2v) is 3.19. The van der Waals surface area contributed by atoms with Crippen LogP contribution in [0.4, 0.5) is 0 Å². The van der Waals surface area contributed by atoms with Crippen LogP contribution in [0.3, 0.4) is 0 Å². The van der Waals surface area contributed by atoms with Crippen LogP contribution in [0.25, 0.3) is 0 Å². The van der Waals surface area contributed by atoms with Crippen LogP contribution in [-0.2, 0) is 11.4 Å². The Labute approximate surface area is 85.9 Å². The Balaban J connectivity index is 2.24. The number of hydrogen-bond acceptors (Lipinski definition) is 4. The fourth-order valence-electron chi connectivity index (χ4n) is 1.34. The topological polar surface area (TPSA) is 76.0 Å². The number of carboxylic acids is 1. The van der Waals surface area contributed by atoms with Gasteiger partial charge in [0.1, 0.15) is 6.61 Å². The minimum absolute atomic E-state index is 0.0167. The standard InChI is InChI=1S/C10H10O5/c11-4-6-1-2-7-8(3-6)14-5-9(15-7)10(12)13/h1-3,9,11H,4-5H2,(H,12,13). The molecule has 0 saturated carbocycles. The predicted octanol–water partition coefficient (Wildman–Crippen LogP) is 0.403. The summed E-state index contributed by atoms with van der Waals surface area (Å²) < 4.78 is 10.4. The highest BCUT2D eigenvalue weighted by molar-refractivity contribution is 5.73. The lowest BCUT2D eigenvalue weighted by Crippen LogP contribution is -2.36. The van der Waals surface area contributed by atoms with E-state index in [4.69, 9.17) is 19.7 Å². The molecule has 15 heavy (non-hydrogen) atoms. The summed E-state index contributed by atoms with van der Waals surface area (Å²) in [4.78, 5) is 10.6. The van der Waals surface area contributed by atoms with E-state index in [1.807, 2.05) is 0 Å². The minimum atomic E-state index is -1.05. The van der Waals surface area contributed by atoms with Gasteiger partial charge < -0.3 is 19.7 Å². The molecule has 1 aliphatic heterocycles. The Hall–Kier alpha value is -1.75. The highest BCUT2D eigenvalue weighted by Crippen LogP contribution is 2.32. The van der Waals surface area contributed by atoms with Crippen molar-refractivity contribution < 1.29 is 24.5 Å². The SMILES string of the molecule is O=C(O)C1COc2cc(CO)ccc2O1. The van der Waals surface area contributed by atoms with Crippen molar-refractivity contribution in [2.75, 3.05) is 6.61 Å². The summed E-state index contributed by atoms with van der Waals surface area (Å²) in [6.07, 6.45) is -0.961. The number of hydrogen-bond donors (Lipinski definition) is 2.